The molecule has 0 spiro atoms. The fourth-order valence-electron chi connectivity index (χ4n) is 2.25. The van der Waals surface area contributed by atoms with Crippen molar-refractivity contribution in [1.29, 1.82) is 0 Å². The summed E-state index contributed by atoms with van der Waals surface area (Å²) >= 11 is 7.30. The van der Waals surface area contributed by atoms with Gasteiger partial charge in [-0.05, 0) is 33.6 Å². The van der Waals surface area contributed by atoms with Gasteiger partial charge in [-0.2, -0.15) is 0 Å². The van der Waals surface area contributed by atoms with Gasteiger partial charge in [0.25, 0.3) is 0 Å². The van der Waals surface area contributed by atoms with Crippen LogP contribution < -0.4 is 5.32 Å². The van der Waals surface area contributed by atoms with Gasteiger partial charge in [0.05, 0.1) is 0 Å². The molecule has 0 aliphatic carbocycles. The van der Waals surface area contributed by atoms with E-state index in [4.69, 9.17) is 16.3 Å². The second-order valence-electron chi connectivity index (χ2n) is 6.23. The standard InChI is InChI=1S/C14H22ClN3O2S/c1-14(2,3)20-13(19)18-6-4-5-10(9-18)16-7-11-8-17-12(15)21-11/h8,10,16H,4-7,9H2,1-3H3. The SMILES string of the molecule is CC(C)(C)OC(=O)N1CCCC(NCc2cnc(Cl)s2)C1. The predicted octanol–water partition coefficient (Wildman–Crippen LogP) is 3.29. The zero-order valence-corrected chi connectivity index (χ0v) is 14.3. The first kappa shape index (κ1) is 16.5. The number of thiazole rings is 1. The summed E-state index contributed by atoms with van der Waals surface area (Å²) in [5, 5.41) is 3.46. The molecule has 1 saturated heterocycles. The Morgan fingerprint density at radius 2 is 2.38 bits per heavy atom. The van der Waals surface area contributed by atoms with E-state index in [1.807, 2.05) is 20.8 Å². The number of halogens is 1. The number of hydrogen-bond donors (Lipinski definition) is 1. The second-order valence-corrected chi connectivity index (χ2v) is 7.92. The van der Waals surface area contributed by atoms with Gasteiger partial charge in [-0.1, -0.05) is 11.6 Å². The van der Waals surface area contributed by atoms with Crippen molar-refractivity contribution in [3.05, 3.63) is 15.5 Å². The third-order valence-electron chi connectivity index (χ3n) is 3.16. The number of ether oxygens (including phenoxy) is 1. The van der Waals surface area contributed by atoms with Crippen molar-refractivity contribution in [2.45, 2.75) is 51.8 Å². The third kappa shape index (κ3) is 5.45. The van der Waals surface area contributed by atoms with E-state index in [0.29, 0.717) is 11.0 Å². The van der Waals surface area contributed by atoms with Crippen LogP contribution in [0.4, 0.5) is 4.79 Å². The molecular formula is C14H22ClN3O2S. The van der Waals surface area contributed by atoms with Crippen molar-refractivity contribution in [2.24, 2.45) is 0 Å². The number of amides is 1. The van der Waals surface area contributed by atoms with E-state index in [2.05, 4.69) is 10.3 Å². The fraction of sp³-hybridized carbons (Fsp3) is 0.714. The van der Waals surface area contributed by atoms with Gasteiger partial charge >= 0.3 is 6.09 Å². The molecule has 0 bridgehead atoms. The minimum Gasteiger partial charge on any atom is -0.444 e. The molecule has 1 aromatic heterocycles. The lowest BCUT2D eigenvalue weighted by atomic mass is 10.1. The van der Waals surface area contributed by atoms with Crippen LogP contribution in [0.15, 0.2) is 6.20 Å². The molecule has 0 aromatic carbocycles. The first-order valence-electron chi connectivity index (χ1n) is 7.15. The topological polar surface area (TPSA) is 54.5 Å². The van der Waals surface area contributed by atoms with Crippen LogP contribution in [0, 0.1) is 0 Å². The fourth-order valence-corrected chi connectivity index (χ4v) is 3.18. The molecule has 1 aliphatic rings. The summed E-state index contributed by atoms with van der Waals surface area (Å²) in [5.74, 6) is 0. The highest BCUT2D eigenvalue weighted by Crippen LogP contribution is 2.19. The summed E-state index contributed by atoms with van der Waals surface area (Å²) < 4.78 is 5.99. The average molecular weight is 332 g/mol. The number of carbonyl (C=O) groups excluding carboxylic acids is 1. The molecular weight excluding hydrogens is 310 g/mol. The number of rotatable bonds is 3. The van der Waals surface area contributed by atoms with E-state index < -0.39 is 5.60 Å². The molecule has 1 aliphatic heterocycles. The van der Waals surface area contributed by atoms with Gasteiger partial charge in [-0.25, -0.2) is 9.78 Å². The number of carbonyl (C=O) groups is 1. The maximum Gasteiger partial charge on any atom is 0.410 e. The van der Waals surface area contributed by atoms with Crippen LogP contribution in [0.3, 0.4) is 0 Å². The van der Waals surface area contributed by atoms with Crippen molar-refractivity contribution in [2.75, 3.05) is 13.1 Å². The molecule has 5 nitrogen and oxygen atoms in total. The highest BCUT2D eigenvalue weighted by Gasteiger charge is 2.27. The monoisotopic (exact) mass is 331 g/mol. The highest BCUT2D eigenvalue weighted by atomic mass is 35.5. The summed E-state index contributed by atoms with van der Waals surface area (Å²) in [6, 6.07) is 0.284. The molecule has 1 fully saturated rings. The lowest BCUT2D eigenvalue weighted by Gasteiger charge is -2.34. The van der Waals surface area contributed by atoms with E-state index in [9.17, 15) is 4.79 Å². The van der Waals surface area contributed by atoms with Crippen LogP contribution in [0.1, 0.15) is 38.5 Å². The summed E-state index contributed by atoms with van der Waals surface area (Å²) in [5.41, 5.74) is -0.448. The first-order chi connectivity index (χ1) is 9.83. The lowest BCUT2D eigenvalue weighted by Crippen LogP contribution is -2.49. The quantitative estimate of drug-likeness (QED) is 0.923. The minimum atomic E-state index is -0.448. The molecule has 2 heterocycles. The van der Waals surface area contributed by atoms with Gasteiger partial charge < -0.3 is 15.0 Å². The number of nitrogens with one attached hydrogen (secondary N) is 1. The molecule has 0 radical (unpaired) electrons. The third-order valence-corrected chi connectivity index (χ3v) is 4.28. The Bertz CT molecular complexity index is 487. The Hall–Kier alpha value is -0.850. The minimum absolute atomic E-state index is 0.227. The number of nitrogens with zero attached hydrogens (tertiary/aromatic N) is 2. The lowest BCUT2D eigenvalue weighted by molar-refractivity contribution is 0.0187. The summed E-state index contributed by atoms with van der Waals surface area (Å²) in [6.07, 6.45) is 3.61. The van der Waals surface area contributed by atoms with Gasteiger partial charge in [0, 0.05) is 36.8 Å². The van der Waals surface area contributed by atoms with Crippen LogP contribution in [-0.2, 0) is 11.3 Å². The maximum absolute atomic E-state index is 12.1. The zero-order valence-electron chi connectivity index (χ0n) is 12.7. The molecule has 1 atom stereocenters. The summed E-state index contributed by atoms with van der Waals surface area (Å²) in [6.45, 7) is 7.84. The maximum atomic E-state index is 12.1. The number of piperidine rings is 1. The van der Waals surface area contributed by atoms with E-state index in [-0.39, 0.29) is 12.1 Å². The largest absolute Gasteiger partial charge is 0.444 e. The van der Waals surface area contributed by atoms with E-state index in [1.54, 1.807) is 11.1 Å². The van der Waals surface area contributed by atoms with Crippen molar-refractivity contribution in [1.82, 2.24) is 15.2 Å². The molecule has 1 aromatic rings. The highest BCUT2D eigenvalue weighted by molar-refractivity contribution is 7.15. The van der Waals surface area contributed by atoms with Crippen molar-refractivity contribution in [3.63, 3.8) is 0 Å². The van der Waals surface area contributed by atoms with Crippen molar-refractivity contribution >= 4 is 29.0 Å². The number of hydrogen-bond acceptors (Lipinski definition) is 5. The molecule has 1 unspecified atom stereocenters. The van der Waals surface area contributed by atoms with Crippen LogP contribution >= 0.6 is 22.9 Å². The zero-order chi connectivity index (χ0) is 15.5. The van der Waals surface area contributed by atoms with Crippen molar-refractivity contribution in [3.8, 4) is 0 Å². The number of aromatic nitrogens is 1. The Balaban J connectivity index is 1.81. The van der Waals surface area contributed by atoms with E-state index in [1.165, 1.54) is 11.3 Å². The molecule has 2 rings (SSSR count). The Morgan fingerprint density at radius 1 is 1.62 bits per heavy atom. The molecule has 0 saturated carbocycles. The molecule has 21 heavy (non-hydrogen) atoms. The Labute approximate surface area is 134 Å². The van der Waals surface area contributed by atoms with Crippen LogP contribution in [0.2, 0.25) is 4.47 Å². The van der Waals surface area contributed by atoms with Gasteiger partial charge in [-0.15, -0.1) is 11.3 Å². The molecule has 7 heteroatoms. The second kappa shape index (κ2) is 6.94. The van der Waals surface area contributed by atoms with Crippen LogP contribution in [0.5, 0.6) is 0 Å². The molecule has 118 valence electrons. The van der Waals surface area contributed by atoms with Gasteiger partial charge in [0.2, 0.25) is 0 Å². The predicted molar refractivity (Wildman–Crippen MR) is 84.8 cm³/mol. The molecule has 1 N–H and O–H groups in total. The van der Waals surface area contributed by atoms with E-state index >= 15 is 0 Å². The van der Waals surface area contributed by atoms with Gasteiger partial charge in [0.15, 0.2) is 4.47 Å². The first-order valence-corrected chi connectivity index (χ1v) is 8.34. The van der Waals surface area contributed by atoms with Gasteiger partial charge in [-0.3, -0.25) is 0 Å². The Morgan fingerprint density at radius 3 is 3.00 bits per heavy atom. The summed E-state index contributed by atoms with van der Waals surface area (Å²) in [7, 11) is 0. The average Bonchev–Trinajstić information content (AvgIpc) is 2.81. The number of likely N-dealkylation sites (tertiary alicyclic amines) is 1. The summed E-state index contributed by atoms with van der Waals surface area (Å²) in [4.78, 5) is 19.0. The van der Waals surface area contributed by atoms with Gasteiger partial charge in [0.1, 0.15) is 5.60 Å². The normalized spacial score (nSPS) is 19.6. The molecule has 1 amide bonds. The smallest absolute Gasteiger partial charge is 0.410 e. The van der Waals surface area contributed by atoms with Crippen LogP contribution in [-0.4, -0.2) is 40.7 Å². The van der Waals surface area contributed by atoms with Crippen molar-refractivity contribution < 1.29 is 9.53 Å². The van der Waals surface area contributed by atoms with E-state index in [0.717, 1.165) is 30.8 Å². The Kier molecular flexibility index (Phi) is 5.46. The van der Waals surface area contributed by atoms with Crippen LogP contribution in [0.25, 0.3) is 0 Å².